The number of piperidine rings is 1. The maximum Gasteiger partial charge on any atom is 0.243 e. The molecule has 1 aliphatic rings. The van der Waals surface area contributed by atoms with Gasteiger partial charge >= 0.3 is 0 Å². The Kier molecular flexibility index (Phi) is 6.33. The van der Waals surface area contributed by atoms with Crippen LogP contribution in [0.2, 0.25) is 0 Å². The minimum Gasteiger partial charge on any atom is -0.352 e. The number of benzene rings is 2. The molecule has 1 fully saturated rings. The van der Waals surface area contributed by atoms with E-state index in [0.29, 0.717) is 30.6 Å². The average Bonchev–Trinajstić information content (AvgIpc) is 3.32. The van der Waals surface area contributed by atoms with Gasteiger partial charge in [-0.2, -0.15) is 4.31 Å². The van der Waals surface area contributed by atoms with E-state index in [9.17, 15) is 22.0 Å². The van der Waals surface area contributed by atoms with Crippen LogP contribution in [0.25, 0.3) is 5.69 Å². The van der Waals surface area contributed by atoms with E-state index in [0.717, 1.165) is 12.1 Å². The van der Waals surface area contributed by atoms with Crippen LogP contribution in [0, 0.1) is 17.6 Å². The van der Waals surface area contributed by atoms with Gasteiger partial charge in [0, 0.05) is 32.0 Å². The molecule has 0 bridgehead atoms. The molecule has 3 aromatic rings. The summed E-state index contributed by atoms with van der Waals surface area (Å²) in [5, 5.41) is 2.77. The van der Waals surface area contributed by atoms with Gasteiger partial charge in [-0.05, 0) is 54.8 Å². The zero-order valence-corrected chi connectivity index (χ0v) is 17.9. The molecule has 168 valence electrons. The average molecular weight is 461 g/mol. The maximum atomic E-state index is 14.4. The van der Waals surface area contributed by atoms with E-state index in [-0.39, 0.29) is 23.9 Å². The molecular weight excluding hydrogens is 438 g/mol. The fourth-order valence-electron chi connectivity index (χ4n) is 3.74. The van der Waals surface area contributed by atoms with Crippen molar-refractivity contribution < 1.29 is 22.0 Å². The topological polar surface area (TPSA) is 84.3 Å². The summed E-state index contributed by atoms with van der Waals surface area (Å²) in [6.07, 6.45) is 5.77. The smallest absolute Gasteiger partial charge is 0.243 e. The Bertz CT molecular complexity index is 1200. The lowest BCUT2D eigenvalue weighted by atomic mass is 9.98. The van der Waals surface area contributed by atoms with E-state index in [1.54, 1.807) is 29.1 Å². The number of imidazole rings is 1. The van der Waals surface area contributed by atoms with Crippen molar-refractivity contribution in [2.45, 2.75) is 24.3 Å². The lowest BCUT2D eigenvalue weighted by Gasteiger charge is -2.31. The summed E-state index contributed by atoms with van der Waals surface area (Å²) in [5.74, 6) is -1.77. The highest BCUT2D eigenvalue weighted by Crippen LogP contribution is 2.24. The van der Waals surface area contributed by atoms with Crippen LogP contribution in [-0.2, 0) is 21.4 Å². The number of nitrogens with one attached hydrogen (secondary N) is 1. The highest BCUT2D eigenvalue weighted by Gasteiger charge is 2.33. The van der Waals surface area contributed by atoms with Crippen LogP contribution in [0.4, 0.5) is 8.78 Å². The van der Waals surface area contributed by atoms with Gasteiger partial charge in [0.25, 0.3) is 0 Å². The molecule has 1 unspecified atom stereocenters. The number of rotatable bonds is 6. The van der Waals surface area contributed by atoms with E-state index in [1.165, 1.54) is 28.8 Å². The van der Waals surface area contributed by atoms with Crippen LogP contribution < -0.4 is 5.32 Å². The summed E-state index contributed by atoms with van der Waals surface area (Å²) >= 11 is 0. The molecule has 7 nitrogen and oxygen atoms in total. The van der Waals surface area contributed by atoms with Gasteiger partial charge in [0.1, 0.15) is 11.6 Å². The molecular formula is C22H22F2N4O3S. The monoisotopic (exact) mass is 460 g/mol. The van der Waals surface area contributed by atoms with Gasteiger partial charge in [0.05, 0.1) is 22.8 Å². The lowest BCUT2D eigenvalue weighted by Crippen LogP contribution is -2.45. The Balaban J connectivity index is 1.38. The van der Waals surface area contributed by atoms with Crippen LogP contribution in [0.3, 0.4) is 0 Å². The number of amides is 1. The number of hydrogen-bond donors (Lipinski definition) is 1. The normalized spacial score (nSPS) is 17.2. The van der Waals surface area contributed by atoms with Gasteiger partial charge in [-0.1, -0.05) is 6.07 Å². The van der Waals surface area contributed by atoms with Gasteiger partial charge in [0.2, 0.25) is 15.9 Å². The van der Waals surface area contributed by atoms with E-state index in [4.69, 9.17) is 0 Å². The van der Waals surface area contributed by atoms with Crippen LogP contribution in [0.5, 0.6) is 0 Å². The van der Waals surface area contributed by atoms with Crippen molar-refractivity contribution in [1.82, 2.24) is 19.2 Å². The number of carbonyl (C=O) groups is 1. The Labute approximate surface area is 184 Å². The highest BCUT2D eigenvalue weighted by atomic mass is 32.2. The third kappa shape index (κ3) is 4.71. The molecule has 2 heterocycles. The second-order valence-electron chi connectivity index (χ2n) is 7.63. The van der Waals surface area contributed by atoms with Gasteiger partial charge in [0.15, 0.2) is 0 Å². The number of hydrogen-bond acceptors (Lipinski definition) is 4. The molecule has 0 aliphatic carbocycles. The summed E-state index contributed by atoms with van der Waals surface area (Å²) in [7, 11) is -3.81. The van der Waals surface area contributed by atoms with Crippen LogP contribution >= 0.6 is 0 Å². The van der Waals surface area contributed by atoms with Gasteiger partial charge < -0.3 is 9.88 Å². The number of sulfonamides is 1. The van der Waals surface area contributed by atoms with Crippen molar-refractivity contribution in [3.8, 4) is 5.69 Å². The van der Waals surface area contributed by atoms with Crippen molar-refractivity contribution in [2.24, 2.45) is 5.92 Å². The molecule has 10 heteroatoms. The largest absolute Gasteiger partial charge is 0.352 e. The second kappa shape index (κ2) is 9.17. The van der Waals surface area contributed by atoms with Crippen LogP contribution in [-0.4, -0.2) is 41.3 Å². The molecule has 1 amide bonds. The predicted molar refractivity (Wildman–Crippen MR) is 113 cm³/mol. The Morgan fingerprint density at radius 3 is 2.62 bits per heavy atom. The summed E-state index contributed by atoms with van der Waals surface area (Å²) in [5.41, 5.74) is 0.942. The highest BCUT2D eigenvalue weighted by molar-refractivity contribution is 7.89. The first-order valence-corrected chi connectivity index (χ1v) is 11.6. The van der Waals surface area contributed by atoms with Crippen LogP contribution in [0.1, 0.15) is 18.4 Å². The third-order valence-electron chi connectivity index (χ3n) is 5.47. The summed E-state index contributed by atoms with van der Waals surface area (Å²) < 4.78 is 56.0. The molecule has 1 saturated heterocycles. The lowest BCUT2D eigenvalue weighted by molar-refractivity contribution is -0.126. The molecule has 0 radical (unpaired) electrons. The van der Waals surface area contributed by atoms with Crippen LogP contribution in [0.15, 0.2) is 66.1 Å². The molecule has 0 spiro atoms. The minimum absolute atomic E-state index is 0.00610. The zero-order chi connectivity index (χ0) is 22.7. The summed E-state index contributed by atoms with van der Waals surface area (Å²) in [6.45, 7) is 0.463. The first-order chi connectivity index (χ1) is 15.3. The molecule has 1 N–H and O–H groups in total. The van der Waals surface area contributed by atoms with E-state index in [1.807, 2.05) is 0 Å². The SMILES string of the molecule is O=C(NCc1ccc(-n2ccnc2)c(F)c1)C1CCCN(S(=O)(=O)c2ccc(F)cc2)C1. The predicted octanol–water partition coefficient (Wildman–Crippen LogP) is 2.87. The second-order valence-corrected chi connectivity index (χ2v) is 9.57. The van der Waals surface area contributed by atoms with Gasteiger partial charge in [-0.3, -0.25) is 4.79 Å². The van der Waals surface area contributed by atoms with Crippen molar-refractivity contribution >= 4 is 15.9 Å². The van der Waals surface area contributed by atoms with Crippen molar-refractivity contribution in [3.63, 3.8) is 0 Å². The van der Waals surface area contributed by atoms with E-state index in [2.05, 4.69) is 10.3 Å². The fraction of sp³-hybridized carbons (Fsp3) is 0.273. The molecule has 2 aromatic carbocycles. The minimum atomic E-state index is -3.81. The molecule has 32 heavy (non-hydrogen) atoms. The van der Waals surface area contributed by atoms with E-state index < -0.39 is 27.6 Å². The number of carbonyl (C=O) groups excluding carboxylic acids is 1. The molecule has 1 atom stereocenters. The Morgan fingerprint density at radius 1 is 1.16 bits per heavy atom. The van der Waals surface area contributed by atoms with Gasteiger partial charge in [-0.15, -0.1) is 0 Å². The van der Waals surface area contributed by atoms with Crippen molar-refractivity contribution in [1.29, 1.82) is 0 Å². The van der Waals surface area contributed by atoms with Crippen molar-refractivity contribution in [2.75, 3.05) is 13.1 Å². The Hall–Kier alpha value is -3.11. The van der Waals surface area contributed by atoms with Gasteiger partial charge in [-0.25, -0.2) is 22.2 Å². The number of aromatic nitrogens is 2. The summed E-state index contributed by atoms with van der Waals surface area (Å²) in [6, 6.07) is 9.30. The molecule has 1 aliphatic heterocycles. The quantitative estimate of drug-likeness (QED) is 0.613. The van der Waals surface area contributed by atoms with E-state index >= 15 is 0 Å². The number of halogens is 2. The first kappa shape index (κ1) is 22.1. The molecule has 1 aromatic heterocycles. The first-order valence-electron chi connectivity index (χ1n) is 10.1. The number of nitrogens with zero attached hydrogens (tertiary/aromatic N) is 3. The third-order valence-corrected chi connectivity index (χ3v) is 7.35. The Morgan fingerprint density at radius 2 is 1.94 bits per heavy atom. The van der Waals surface area contributed by atoms with Crippen molar-refractivity contribution in [3.05, 3.63) is 78.4 Å². The molecule has 4 rings (SSSR count). The zero-order valence-electron chi connectivity index (χ0n) is 17.1. The maximum absolute atomic E-state index is 14.4. The molecule has 0 saturated carbocycles. The fourth-order valence-corrected chi connectivity index (χ4v) is 5.26. The summed E-state index contributed by atoms with van der Waals surface area (Å²) in [4.78, 5) is 16.6. The standard InChI is InChI=1S/C22H22F2N4O3S/c23-18-4-6-19(7-5-18)32(30,31)28-10-1-2-17(14-28)22(29)26-13-16-3-8-21(20(24)12-16)27-11-9-25-15-27/h3-9,11-12,15,17H,1-2,10,13-14H2,(H,26,29).